The van der Waals surface area contributed by atoms with E-state index in [1.807, 2.05) is 0 Å². The summed E-state index contributed by atoms with van der Waals surface area (Å²) in [5.74, 6) is 0.973. The van der Waals surface area contributed by atoms with E-state index in [0.29, 0.717) is 18.2 Å². The molecule has 0 aromatic rings. The number of ether oxygens (including phenoxy) is 1. The highest BCUT2D eigenvalue weighted by Gasteiger charge is 2.23. The quantitative estimate of drug-likeness (QED) is 0.476. The van der Waals surface area contributed by atoms with Gasteiger partial charge in [0.1, 0.15) is 0 Å². The minimum absolute atomic E-state index is 0.325. The van der Waals surface area contributed by atoms with Crippen LogP contribution >= 0.6 is 0 Å². The van der Waals surface area contributed by atoms with Gasteiger partial charge >= 0.3 is 0 Å². The van der Waals surface area contributed by atoms with E-state index in [0.717, 1.165) is 77.8 Å². The Morgan fingerprint density at radius 2 is 1.89 bits per heavy atom. The van der Waals surface area contributed by atoms with Crippen molar-refractivity contribution in [2.75, 3.05) is 73.1 Å². The molecule has 158 valence electrons. The van der Waals surface area contributed by atoms with E-state index in [-0.39, 0.29) is 0 Å². The summed E-state index contributed by atoms with van der Waals surface area (Å²) >= 11 is 0. The predicted octanol–water partition coefficient (Wildman–Crippen LogP) is 0.677. The lowest BCUT2D eigenvalue weighted by Crippen LogP contribution is -2.52. The molecular formula is C20H42N6O. The maximum atomic E-state index is 5.68. The number of likely N-dealkylation sites (N-methyl/N-ethyl adjacent to an activating group) is 2. The van der Waals surface area contributed by atoms with Crippen molar-refractivity contribution >= 4 is 5.96 Å². The van der Waals surface area contributed by atoms with Crippen LogP contribution in [0, 0.1) is 0 Å². The first-order valence-electron chi connectivity index (χ1n) is 10.8. The molecule has 0 aliphatic carbocycles. The molecule has 1 unspecified atom stereocenters. The molecule has 2 aliphatic heterocycles. The van der Waals surface area contributed by atoms with Crippen molar-refractivity contribution < 1.29 is 4.74 Å². The monoisotopic (exact) mass is 382 g/mol. The SMILES string of the molecule is CCNC(=NCC1CN(C)CCN1C)NC1CCN(CCOC(C)C)CC1. The number of nitrogens with zero attached hydrogens (tertiary/aromatic N) is 4. The molecular weight excluding hydrogens is 340 g/mol. The molecule has 1 atom stereocenters. The summed E-state index contributed by atoms with van der Waals surface area (Å²) in [6, 6.07) is 1.01. The minimum Gasteiger partial charge on any atom is -0.377 e. The normalized spacial score (nSPS) is 24.5. The van der Waals surface area contributed by atoms with E-state index in [2.05, 4.69) is 60.2 Å². The van der Waals surface area contributed by atoms with Crippen LogP contribution in [0.4, 0.5) is 0 Å². The second-order valence-electron chi connectivity index (χ2n) is 8.30. The van der Waals surface area contributed by atoms with E-state index < -0.39 is 0 Å². The van der Waals surface area contributed by atoms with Crippen molar-refractivity contribution in [2.24, 2.45) is 4.99 Å². The van der Waals surface area contributed by atoms with Gasteiger partial charge in [0.15, 0.2) is 5.96 Å². The van der Waals surface area contributed by atoms with Crippen molar-refractivity contribution in [2.45, 2.75) is 51.8 Å². The summed E-state index contributed by atoms with van der Waals surface area (Å²) in [6.45, 7) is 15.6. The largest absolute Gasteiger partial charge is 0.377 e. The molecule has 2 fully saturated rings. The Bertz CT molecular complexity index is 436. The summed E-state index contributed by atoms with van der Waals surface area (Å²) in [6.07, 6.45) is 2.65. The number of piperidine rings is 1. The van der Waals surface area contributed by atoms with Crippen LogP contribution in [0.5, 0.6) is 0 Å². The van der Waals surface area contributed by atoms with Gasteiger partial charge in [-0.15, -0.1) is 0 Å². The molecule has 0 saturated carbocycles. The van der Waals surface area contributed by atoms with Crippen molar-refractivity contribution in [1.82, 2.24) is 25.3 Å². The highest BCUT2D eigenvalue weighted by molar-refractivity contribution is 5.80. The summed E-state index contributed by atoms with van der Waals surface area (Å²) < 4.78 is 5.68. The average molecular weight is 383 g/mol. The Labute approximate surface area is 166 Å². The van der Waals surface area contributed by atoms with Crippen molar-refractivity contribution in [1.29, 1.82) is 0 Å². The minimum atomic E-state index is 0.325. The second kappa shape index (κ2) is 11.8. The number of rotatable bonds is 8. The van der Waals surface area contributed by atoms with E-state index >= 15 is 0 Å². The van der Waals surface area contributed by atoms with E-state index in [1.165, 1.54) is 0 Å². The van der Waals surface area contributed by atoms with E-state index in [9.17, 15) is 0 Å². The molecule has 2 heterocycles. The van der Waals surface area contributed by atoms with Gasteiger partial charge in [0.05, 0.1) is 19.3 Å². The summed E-state index contributed by atoms with van der Waals surface area (Å²) in [5, 5.41) is 7.09. The Morgan fingerprint density at radius 3 is 2.56 bits per heavy atom. The van der Waals surface area contributed by atoms with Gasteiger partial charge in [0, 0.05) is 57.9 Å². The zero-order chi connectivity index (χ0) is 19.6. The summed E-state index contributed by atoms with van der Waals surface area (Å²) in [4.78, 5) is 12.2. The Hall–Kier alpha value is -0.890. The van der Waals surface area contributed by atoms with Gasteiger partial charge in [-0.1, -0.05) is 0 Å². The van der Waals surface area contributed by atoms with Crippen LogP contribution in [-0.4, -0.2) is 112 Å². The van der Waals surface area contributed by atoms with Crippen LogP contribution in [0.1, 0.15) is 33.6 Å². The first kappa shape index (κ1) is 22.4. The van der Waals surface area contributed by atoms with Crippen molar-refractivity contribution in [3.63, 3.8) is 0 Å². The van der Waals surface area contributed by atoms with Crippen molar-refractivity contribution in [3.05, 3.63) is 0 Å². The van der Waals surface area contributed by atoms with Gasteiger partial charge in [0.2, 0.25) is 0 Å². The highest BCUT2D eigenvalue weighted by atomic mass is 16.5. The lowest BCUT2D eigenvalue weighted by molar-refractivity contribution is 0.0532. The molecule has 0 bridgehead atoms. The number of hydrogen-bond acceptors (Lipinski definition) is 5. The number of guanidine groups is 1. The lowest BCUT2D eigenvalue weighted by Gasteiger charge is -2.37. The molecule has 7 nitrogen and oxygen atoms in total. The molecule has 2 aliphatic rings. The lowest BCUT2D eigenvalue weighted by atomic mass is 10.1. The smallest absolute Gasteiger partial charge is 0.191 e. The molecule has 2 N–H and O–H groups in total. The zero-order valence-electron chi connectivity index (χ0n) is 18.2. The van der Waals surface area contributed by atoms with Crippen LogP contribution in [0.3, 0.4) is 0 Å². The molecule has 0 amide bonds. The maximum Gasteiger partial charge on any atom is 0.191 e. The van der Waals surface area contributed by atoms with Gasteiger partial charge in [-0.05, 0) is 47.7 Å². The first-order valence-corrected chi connectivity index (χ1v) is 10.8. The molecule has 27 heavy (non-hydrogen) atoms. The van der Waals surface area contributed by atoms with Crippen LogP contribution in [-0.2, 0) is 4.74 Å². The van der Waals surface area contributed by atoms with E-state index in [4.69, 9.17) is 9.73 Å². The van der Waals surface area contributed by atoms with Gasteiger partial charge in [-0.2, -0.15) is 0 Å². The predicted molar refractivity (Wildman–Crippen MR) is 114 cm³/mol. The van der Waals surface area contributed by atoms with Crippen molar-refractivity contribution in [3.8, 4) is 0 Å². The number of piperazine rings is 1. The Morgan fingerprint density at radius 1 is 1.15 bits per heavy atom. The second-order valence-corrected chi connectivity index (χ2v) is 8.30. The topological polar surface area (TPSA) is 55.4 Å². The first-order chi connectivity index (χ1) is 13.0. The van der Waals surface area contributed by atoms with Crippen LogP contribution < -0.4 is 10.6 Å². The molecule has 2 saturated heterocycles. The fourth-order valence-electron chi connectivity index (χ4n) is 3.73. The van der Waals surface area contributed by atoms with Crippen LogP contribution in [0.2, 0.25) is 0 Å². The summed E-state index contributed by atoms with van der Waals surface area (Å²) in [5.41, 5.74) is 0. The standard InChI is InChI=1S/C20H42N6O/c1-6-21-20(22-15-19-16-24(4)11-12-25(19)5)23-18-7-9-26(10-8-18)13-14-27-17(2)3/h17-19H,6-16H2,1-5H3,(H2,21,22,23). The number of likely N-dealkylation sites (tertiary alicyclic amines) is 1. The maximum absolute atomic E-state index is 5.68. The zero-order valence-corrected chi connectivity index (χ0v) is 18.2. The molecule has 7 heteroatoms. The third kappa shape index (κ3) is 8.34. The van der Waals surface area contributed by atoms with Gasteiger partial charge < -0.3 is 25.2 Å². The third-order valence-corrected chi connectivity index (χ3v) is 5.57. The summed E-state index contributed by atoms with van der Waals surface area (Å²) in [7, 11) is 4.42. The number of nitrogens with one attached hydrogen (secondary N) is 2. The molecule has 0 spiro atoms. The van der Waals surface area contributed by atoms with Gasteiger partial charge in [-0.3, -0.25) is 9.89 Å². The van der Waals surface area contributed by atoms with Gasteiger partial charge in [0.25, 0.3) is 0 Å². The average Bonchev–Trinajstić information content (AvgIpc) is 2.63. The fourth-order valence-corrected chi connectivity index (χ4v) is 3.73. The molecule has 0 radical (unpaired) electrons. The highest BCUT2D eigenvalue weighted by Crippen LogP contribution is 2.10. The van der Waals surface area contributed by atoms with Crippen LogP contribution in [0.15, 0.2) is 4.99 Å². The third-order valence-electron chi connectivity index (χ3n) is 5.57. The Balaban J connectivity index is 1.75. The molecule has 2 rings (SSSR count). The molecule has 0 aromatic carbocycles. The number of aliphatic imine (C=N–C) groups is 1. The Kier molecular flexibility index (Phi) is 9.82. The van der Waals surface area contributed by atoms with Crippen LogP contribution in [0.25, 0.3) is 0 Å². The van der Waals surface area contributed by atoms with E-state index in [1.54, 1.807) is 0 Å². The number of hydrogen-bond donors (Lipinski definition) is 2. The fraction of sp³-hybridized carbons (Fsp3) is 0.950. The molecule has 0 aromatic heterocycles. The van der Waals surface area contributed by atoms with Gasteiger partial charge in [-0.25, -0.2) is 0 Å².